The number of carbonyl (C=O) groups excluding carboxylic acids is 2. The normalized spacial score (nSPS) is 11.3. The fraction of sp³-hybridized carbons (Fsp3) is 0.333. The summed E-state index contributed by atoms with van der Waals surface area (Å²) in [4.78, 5) is 39.0. The Labute approximate surface area is 179 Å². The van der Waals surface area contributed by atoms with Gasteiger partial charge in [-0.15, -0.1) is 22.7 Å². The standard InChI is InChI=1S/C18H18N6O4S2/c1-3-27-17(25)13-8-12-16(22-13)30-15(21-12)5-4-6-28-18(26)14(23-24-19)7-11-9-29-10(2)20-11/h7-9,22H,3-6H2,1-2H3/b14-7-. The molecule has 3 rings (SSSR count). The summed E-state index contributed by atoms with van der Waals surface area (Å²) < 4.78 is 10.2. The second kappa shape index (κ2) is 10.0. The van der Waals surface area contributed by atoms with E-state index in [2.05, 4.69) is 25.0 Å². The van der Waals surface area contributed by atoms with E-state index in [-0.39, 0.29) is 12.3 Å². The van der Waals surface area contributed by atoms with Crippen molar-refractivity contribution in [2.45, 2.75) is 26.7 Å². The largest absolute Gasteiger partial charge is 0.462 e. The van der Waals surface area contributed by atoms with Crippen molar-refractivity contribution in [3.05, 3.63) is 49.0 Å². The van der Waals surface area contributed by atoms with Crippen molar-refractivity contribution in [2.24, 2.45) is 5.11 Å². The smallest absolute Gasteiger partial charge is 0.354 e. The lowest BCUT2D eigenvalue weighted by molar-refractivity contribution is -0.139. The highest BCUT2D eigenvalue weighted by atomic mass is 32.1. The Bertz CT molecular complexity index is 1110. The molecule has 0 atom stereocenters. The number of nitrogens with zero attached hydrogens (tertiary/aromatic N) is 5. The van der Waals surface area contributed by atoms with Crippen LogP contribution >= 0.6 is 22.7 Å². The minimum absolute atomic E-state index is 0.142. The molecule has 3 aromatic heterocycles. The van der Waals surface area contributed by atoms with Gasteiger partial charge >= 0.3 is 11.9 Å². The van der Waals surface area contributed by atoms with Gasteiger partial charge in [0.2, 0.25) is 0 Å². The lowest BCUT2D eigenvalue weighted by Crippen LogP contribution is -2.08. The molecule has 0 aromatic carbocycles. The number of aromatic nitrogens is 3. The van der Waals surface area contributed by atoms with Gasteiger partial charge in [0.15, 0.2) is 0 Å². The molecule has 12 heteroatoms. The first-order valence-corrected chi connectivity index (χ1v) is 10.7. The highest BCUT2D eigenvalue weighted by molar-refractivity contribution is 7.18. The number of azide groups is 1. The maximum absolute atomic E-state index is 12.2. The molecule has 0 aliphatic carbocycles. The number of fused-ring (bicyclic) bond motifs is 1. The first kappa shape index (κ1) is 21.5. The van der Waals surface area contributed by atoms with Crippen molar-refractivity contribution in [1.82, 2.24) is 15.0 Å². The third kappa shape index (κ3) is 5.44. The highest BCUT2D eigenvalue weighted by Gasteiger charge is 2.14. The van der Waals surface area contributed by atoms with Crippen LogP contribution in [0.4, 0.5) is 0 Å². The van der Waals surface area contributed by atoms with Crippen molar-refractivity contribution in [1.29, 1.82) is 0 Å². The van der Waals surface area contributed by atoms with Gasteiger partial charge in [0.25, 0.3) is 0 Å². The average molecular weight is 447 g/mol. The van der Waals surface area contributed by atoms with Crippen molar-refractivity contribution < 1.29 is 19.1 Å². The van der Waals surface area contributed by atoms with E-state index in [0.717, 1.165) is 14.8 Å². The molecule has 0 fully saturated rings. The predicted octanol–water partition coefficient (Wildman–Crippen LogP) is 4.39. The van der Waals surface area contributed by atoms with E-state index >= 15 is 0 Å². The molecule has 1 N–H and O–H groups in total. The Morgan fingerprint density at radius 1 is 1.37 bits per heavy atom. The van der Waals surface area contributed by atoms with Gasteiger partial charge in [0.05, 0.1) is 28.9 Å². The molecule has 0 spiro atoms. The summed E-state index contributed by atoms with van der Waals surface area (Å²) >= 11 is 2.86. The van der Waals surface area contributed by atoms with Crippen LogP contribution in [0.1, 0.15) is 39.5 Å². The number of hydrogen-bond donors (Lipinski definition) is 1. The van der Waals surface area contributed by atoms with Crippen molar-refractivity contribution >= 4 is 51.0 Å². The SMILES string of the molecule is CCOC(=O)c1cc2nc(CCCOC(=O)/C(=C/c3csc(C)n3)N=[N+]=[N-])sc2[nH]1. The number of thiazole rings is 2. The van der Waals surface area contributed by atoms with Gasteiger partial charge in [-0.1, -0.05) is 5.11 Å². The van der Waals surface area contributed by atoms with Gasteiger partial charge in [-0.25, -0.2) is 19.6 Å². The monoisotopic (exact) mass is 446 g/mol. The third-order valence-electron chi connectivity index (χ3n) is 3.77. The Morgan fingerprint density at radius 3 is 2.87 bits per heavy atom. The minimum Gasteiger partial charge on any atom is -0.462 e. The zero-order valence-corrected chi connectivity index (χ0v) is 17.9. The fourth-order valence-corrected chi connectivity index (χ4v) is 4.08. The summed E-state index contributed by atoms with van der Waals surface area (Å²) in [5.41, 5.74) is 10.1. The van der Waals surface area contributed by atoms with Crippen molar-refractivity contribution in [3.63, 3.8) is 0 Å². The number of hydrogen-bond acceptors (Lipinski definition) is 9. The van der Waals surface area contributed by atoms with Gasteiger partial charge in [-0.2, -0.15) is 0 Å². The van der Waals surface area contributed by atoms with Gasteiger partial charge in [-0.3, -0.25) is 0 Å². The molecule has 156 valence electrons. The van der Waals surface area contributed by atoms with Crippen molar-refractivity contribution in [3.8, 4) is 0 Å². The minimum atomic E-state index is -0.705. The number of aryl methyl sites for hydroxylation is 2. The van der Waals surface area contributed by atoms with E-state index < -0.39 is 11.9 Å². The zero-order chi connectivity index (χ0) is 21.5. The lowest BCUT2D eigenvalue weighted by Gasteiger charge is -2.03. The molecule has 3 aromatic rings. The van der Waals surface area contributed by atoms with Gasteiger partial charge in [-0.05, 0) is 37.9 Å². The summed E-state index contributed by atoms with van der Waals surface area (Å²) in [5, 5.41) is 6.85. The maximum Gasteiger partial charge on any atom is 0.354 e. The van der Waals surface area contributed by atoms with Crippen LogP contribution in [0.5, 0.6) is 0 Å². The Balaban J connectivity index is 1.52. The predicted molar refractivity (Wildman–Crippen MR) is 113 cm³/mol. The number of esters is 2. The Morgan fingerprint density at radius 2 is 2.20 bits per heavy atom. The molecule has 10 nitrogen and oxygen atoms in total. The summed E-state index contributed by atoms with van der Waals surface area (Å²) in [6, 6.07) is 1.66. The van der Waals surface area contributed by atoms with E-state index in [4.69, 9.17) is 15.0 Å². The molecule has 0 saturated heterocycles. The Kier molecular flexibility index (Phi) is 7.17. The average Bonchev–Trinajstić information content (AvgIpc) is 3.39. The number of nitrogens with one attached hydrogen (secondary N) is 1. The fourth-order valence-electron chi connectivity index (χ4n) is 2.51. The molecular weight excluding hydrogens is 428 g/mol. The molecule has 0 radical (unpaired) electrons. The van der Waals surface area contributed by atoms with Crippen molar-refractivity contribution in [2.75, 3.05) is 13.2 Å². The molecule has 0 saturated carbocycles. The quantitative estimate of drug-likeness (QED) is 0.129. The van der Waals surface area contributed by atoms with E-state index in [9.17, 15) is 9.59 Å². The molecule has 0 aliphatic heterocycles. The van der Waals surface area contributed by atoms with Crippen LogP contribution in [0.3, 0.4) is 0 Å². The first-order chi connectivity index (χ1) is 14.5. The lowest BCUT2D eigenvalue weighted by atomic mass is 10.3. The van der Waals surface area contributed by atoms with Crippen LogP contribution in [0, 0.1) is 6.92 Å². The second-order valence-corrected chi connectivity index (χ2v) is 8.12. The summed E-state index contributed by atoms with van der Waals surface area (Å²) in [6.45, 7) is 4.04. The number of ether oxygens (including phenoxy) is 2. The molecule has 0 aliphatic rings. The second-order valence-electron chi connectivity index (χ2n) is 5.98. The molecule has 0 unspecified atom stereocenters. The van der Waals surface area contributed by atoms with Crippen LogP contribution in [0.25, 0.3) is 26.9 Å². The number of aromatic amines is 1. The zero-order valence-electron chi connectivity index (χ0n) is 16.2. The highest BCUT2D eigenvalue weighted by Crippen LogP contribution is 2.24. The first-order valence-electron chi connectivity index (χ1n) is 9.01. The van der Waals surface area contributed by atoms with Gasteiger partial charge in [0.1, 0.15) is 21.7 Å². The van der Waals surface area contributed by atoms with E-state index in [0.29, 0.717) is 36.4 Å². The summed E-state index contributed by atoms with van der Waals surface area (Å²) in [5.74, 6) is -1.11. The van der Waals surface area contributed by atoms with Crippen LogP contribution < -0.4 is 0 Å². The molecule has 0 bridgehead atoms. The van der Waals surface area contributed by atoms with Crippen LogP contribution in [0.2, 0.25) is 0 Å². The van der Waals surface area contributed by atoms with E-state index in [1.54, 1.807) is 18.4 Å². The number of rotatable bonds is 9. The van der Waals surface area contributed by atoms with Gasteiger partial charge in [0, 0.05) is 16.7 Å². The van der Waals surface area contributed by atoms with Crippen LogP contribution in [0.15, 0.2) is 22.3 Å². The maximum atomic E-state index is 12.2. The number of carbonyl (C=O) groups is 2. The third-order valence-corrected chi connectivity index (χ3v) is 5.61. The van der Waals surface area contributed by atoms with E-state index in [1.165, 1.54) is 28.7 Å². The molecule has 0 amide bonds. The van der Waals surface area contributed by atoms with E-state index in [1.807, 2.05) is 6.92 Å². The van der Waals surface area contributed by atoms with Crippen LogP contribution in [-0.4, -0.2) is 40.1 Å². The molecule has 30 heavy (non-hydrogen) atoms. The Hall–Kier alpha value is -3.21. The molecular formula is C18H18N6O4S2. The number of H-pyrrole nitrogens is 1. The summed E-state index contributed by atoms with van der Waals surface area (Å²) in [6.07, 6.45) is 2.54. The topological polar surface area (TPSA) is 143 Å². The van der Waals surface area contributed by atoms with Crippen LogP contribution in [-0.2, 0) is 20.7 Å². The molecule has 3 heterocycles. The van der Waals surface area contributed by atoms with Gasteiger partial charge < -0.3 is 14.5 Å². The summed E-state index contributed by atoms with van der Waals surface area (Å²) in [7, 11) is 0.